The van der Waals surface area contributed by atoms with Crippen molar-refractivity contribution >= 4 is 41.4 Å². The monoisotopic (exact) mass is 271 g/mol. The molecule has 4 nitrogen and oxygen atoms in total. The van der Waals surface area contributed by atoms with E-state index in [0.29, 0.717) is 12.3 Å². The average molecular weight is 271 g/mol. The van der Waals surface area contributed by atoms with E-state index in [1.807, 2.05) is 11.8 Å². The molecule has 0 atom stereocenters. The van der Waals surface area contributed by atoms with Gasteiger partial charge in [-0.2, -0.15) is 11.8 Å². The van der Waals surface area contributed by atoms with E-state index in [2.05, 4.69) is 11.6 Å². The first-order valence-electron chi connectivity index (χ1n) is 4.47. The first kappa shape index (κ1) is 15.3. The SMILES string of the molecule is CSCSCSCNC(=O)OCCCO. The highest BCUT2D eigenvalue weighted by atomic mass is 32.2. The van der Waals surface area contributed by atoms with Crippen molar-refractivity contribution < 1.29 is 14.6 Å². The summed E-state index contributed by atoms with van der Waals surface area (Å²) in [6, 6.07) is 0. The molecule has 0 unspecified atom stereocenters. The average Bonchev–Trinajstić information content (AvgIpc) is 2.23. The van der Waals surface area contributed by atoms with Gasteiger partial charge in [0, 0.05) is 23.2 Å². The van der Waals surface area contributed by atoms with E-state index in [0.717, 1.165) is 10.2 Å². The molecule has 90 valence electrons. The number of hydrogen-bond acceptors (Lipinski definition) is 6. The fourth-order valence-electron chi connectivity index (χ4n) is 0.608. The number of ether oxygens (including phenoxy) is 1. The van der Waals surface area contributed by atoms with Gasteiger partial charge in [-0.05, 0) is 6.26 Å². The second-order valence-corrected chi connectivity index (χ2v) is 6.03. The number of amides is 1. The normalized spacial score (nSPS) is 10.0. The molecule has 0 aliphatic heterocycles. The topological polar surface area (TPSA) is 58.6 Å². The minimum atomic E-state index is -0.411. The van der Waals surface area contributed by atoms with Crippen LogP contribution in [0.1, 0.15) is 6.42 Å². The largest absolute Gasteiger partial charge is 0.449 e. The summed E-state index contributed by atoms with van der Waals surface area (Å²) in [5.74, 6) is 0.569. The van der Waals surface area contributed by atoms with Gasteiger partial charge in [-0.25, -0.2) is 4.79 Å². The molecular weight excluding hydrogens is 254 g/mol. The highest BCUT2D eigenvalue weighted by Gasteiger charge is 1.99. The van der Waals surface area contributed by atoms with Crippen LogP contribution in [0.5, 0.6) is 0 Å². The quantitative estimate of drug-likeness (QED) is 0.492. The molecule has 2 N–H and O–H groups in total. The van der Waals surface area contributed by atoms with E-state index in [-0.39, 0.29) is 13.2 Å². The Hall–Kier alpha value is 0.280. The van der Waals surface area contributed by atoms with Crippen LogP contribution in [-0.4, -0.2) is 46.7 Å². The van der Waals surface area contributed by atoms with E-state index >= 15 is 0 Å². The number of rotatable bonds is 9. The van der Waals surface area contributed by atoms with Crippen molar-refractivity contribution in [3.05, 3.63) is 0 Å². The van der Waals surface area contributed by atoms with Gasteiger partial charge in [-0.1, -0.05) is 0 Å². The van der Waals surface area contributed by atoms with Crippen LogP contribution in [-0.2, 0) is 4.74 Å². The molecule has 0 bridgehead atoms. The Balaban J connectivity index is 3.10. The molecule has 1 amide bonds. The van der Waals surface area contributed by atoms with Crippen molar-refractivity contribution in [2.75, 3.05) is 35.5 Å². The minimum absolute atomic E-state index is 0.0490. The Bertz CT molecular complexity index is 160. The molecular formula is C8H17NO3S3. The number of carbonyl (C=O) groups excluding carboxylic acids is 1. The molecule has 15 heavy (non-hydrogen) atoms. The van der Waals surface area contributed by atoms with E-state index in [4.69, 9.17) is 9.84 Å². The number of thioether (sulfide) groups is 3. The van der Waals surface area contributed by atoms with Gasteiger partial charge in [0.15, 0.2) is 0 Å². The minimum Gasteiger partial charge on any atom is -0.449 e. The molecule has 7 heteroatoms. The maximum Gasteiger partial charge on any atom is 0.407 e. The van der Waals surface area contributed by atoms with Gasteiger partial charge < -0.3 is 15.2 Å². The third kappa shape index (κ3) is 12.2. The van der Waals surface area contributed by atoms with E-state index in [9.17, 15) is 4.79 Å². The summed E-state index contributed by atoms with van der Waals surface area (Å²) in [5.41, 5.74) is 0. The second kappa shape index (κ2) is 12.4. The number of nitrogens with one attached hydrogen (secondary N) is 1. The zero-order chi connectivity index (χ0) is 11.4. The third-order valence-corrected chi connectivity index (χ3v) is 4.51. The maximum absolute atomic E-state index is 11.0. The van der Waals surface area contributed by atoms with Crippen molar-refractivity contribution in [1.29, 1.82) is 0 Å². The summed E-state index contributed by atoms with van der Waals surface area (Å²) in [6.45, 7) is 0.321. The van der Waals surface area contributed by atoms with Crippen molar-refractivity contribution in [3.8, 4) is 0 Å². The molecule has 0 rings (SSSR count). The predicted molar refractivity (Wildman–Crippen MR) is 69.5 cm³/mol. The lowest BCUT2D eigenvalue weighted by Gasteiger charge is -2.05. The molecule has 0 radical (unpaired) electrons. The Kier molecular flexibility index (Phi) is 12.6. The molecule has 0 saturated heterocycles. The molecule has 0 aromatic carbocycles. The molecule has 0 aromatic heterocycles. The number of hydrogen-bond donors (Lipinski definition) is 2. The van der Waals surface area contributed by atoms with Gasteiger partial charge in [-0.3, -0.25) is 0 Å². The van der Waals surface area contributed by atoms with Crippen LogP contribution in [0.2, 0.25) is 0 Å². The summed E-state index contributed by atoms with van der Waals surface area (Å²) in [5, 5.41) is 13.1. The fourth-order valence-corrected chi connectivity index (χ4v) is 3.18. The van der Waals surface area contributed by atoms with Crippen LogP contribution < -0.4 is 5.32 Å². The zero-order valence-corrected chi connectivity index (χ0v) is 11.2. The number of aliphatic hydroxyl groups excluding tert-OH is 1. The molecule has 0 aliphatic carbocycles. The maximum atomic E-state index is 11.0. The first-order chi connectivity index (χ1) is 7.31. The second-order valence-electron chi connectivity index (χ2n) is 2.47. The van der Waals surface area contributed by atoms with Crippen molar-refractivity contribution in [2.45, 2.75) is 6.42 Å². The standard InChI is InChI=1S/C8H17NO3S3/c1-13-6-15-7-14-5-9-8(11)12-4-2-3-10/h10H,2-7H2,1H3,(H,9,11). The summed E-state index contributed by atoms with van der Waals surface area (Å²) in [6.07, 6.45) is 2.14. The zero-order valence-electron chi connectivity index (χ0n) is 8.73. The number of carbonyl (C=O) groups is 1. The van der Waals surface area contributed by atoms with E-state index in [1.165, 1.54) is 0 Å². The van der Waals surface area contributed by atoms with Crippen LogP contribution in [0.15, 0.2) is 0 Å². The van der Waals surface area contributed by atoms with E-state index < -0.39 is 6.09 Å². The Morgan fingerprint density at radius 1 is 1.40 bits per heavy atom. The van der Waals surface area contributed by atoms with Gasteiger partial charge in [0.1, 0.15) is 0 Å². The van der Waals surface area contributed by atoms with Gasteiger partial charge in [0.2, 0.25) is 0 Å². The lowest BCUT2D eigenvalue weighted by atomic mass is 10.5. The van der Waals surface area contributed by atoms with Gasteiger partial charge in [-0.15, -0.1) is 23.5 Å². The summed E-state index contributed by atoms with van der Waals surface area (Å²) in [4.78, 5) is 11.0. The fraction of sp³-hybridized carbons (Fsp3) is 0.875. The lowest BCUT2D eigenvalue weighted by Crippen LogP contribution is -2.24. The smallest absolute Gasteiger partial charge is 0.407 e. The van der Waals surface area contributed by atoms with Gasteiger partial charge in [0.05, 0.1) is 12.5 Å². The summed E-state index contributed by atoms with van der Waals surface area (Å²) >= 11 is 5.27. The molecule has 0 heterocycles. The third-order valence-electron chi connectivity index (χ3n) is 1.22. The summed E-state index contributed by atoms with van der Waals surface area (Å²) in [7, 11) is 0. The van der Waals surface area contributed by atoms with Crippen molar-refractivity contribution in [3.63, 3.8) is 0 Å². The van der Waals surface area contributed by atoms with Crippen molar-refractivity contribution in [1.82, 2.24) is 5.32 Å². The van der Waals surface area contributed by atoms with E-state index in [1.54, 1.807) is 23.5 Å². The van der Waals surface area contributed by atoms with Crippen molar-refractivity contribution in [2.24, 2.45) is 0 Å². The lowest BCUT2D eigenvalue weighted by molar-refractivity contribution is 0.137. The van der Waals surface area contributed by atoms with Crippen LogP contribution in [0.4, 0.5) is 4.79 Å². The van der Waals surface area contributed by atoms with Gasteiger partial charge in [0.25, 0.3) is 0 Å². The molecule has 0 aliphatic rings. The number of alkyl carbamates (subject to hydrolysis) is 1. The Morgan fingerprint density at radius 2 is 2.20 bits per heavy atom. The highest BCUT2D eigenvalue weighted by Crippen LogP contribution is 2.14. The Labute approximate surface area is 103 Å². The van der Waals surface area contributed by atoms with Crippen LogP contribution in [0.25, 0.3) is 0 Å². The first-order valence-corrected chi connectivity index (χ1v) is 8.17. The van der Waals surface area contributed by atoms with Crippen LogP contribution in [0, 0.1) is 0 Å². The molecule has 0 aromatic rings. The Morgan fingerprint density at radius 3 is 2.87 bits per heavy atom. The van der Waals surface area contributed by atoms with Crippen LogP contribution in [0.3, 0.4) is 0 Å². The van der Waals surface area contributed by atoms with Crippen LogP contribution >= 0.6 is 35.3 Å². The summed E-state index contributed by atoms with van der Waals surface area (Å²) < 4.78 is 4.78. The molecule has 0 fully saturated rings. The predicted octanol–water partition coefficient (Wildman–Crippen LogP) is 1.80. The van der Waals surface area contributed by atoms with Gasteiger partial charge >= 0.3 is 6.09 Å². The molecule has 0 saturated carbocycles. The highest BCUT2D eigenvalue weighted by molar-refractivity contribution is 8.22. The molecule has 0 spiro atoms. The number of aliphatic hydroxyl groups is 1.